The minimum Gasteiger partial charge on any atom is -0.378 e. The van der Waals surface area contributed by atoms with Gasteiger partial charge in [0, 0.05) is 32.9 Å². The zero-order chi connectivity index (χ0) is 13.7. The van der Waals surface area contributed by atoms with Gasteiger partial charge < -0.3 is 10.6 Å². The quantitative estimate of drug-likeness (QED) is 0.883. The van der Waals surface area contributed by atoms with Crippen LogP contribution in [0.3, 0.4) is 0 Å². The summed E-state index contributed by atoms with van der Waals surface area (Å²) in [6, 6.07) is 8.91. The van der Waals surface area contributed by atoms with Gasteiger partial charge in [-0.05, 0) is 56.0 Å². The van der Waals surface area contributed by atoms with E-state index in [1.165, 1.54) is 43.6 Å². The summed E-state index contributed by atoms with van der Waals surface area (Å²) in [7, 11) is 4.16. The summed E-state index contributed by atoms with van der Waals surface area (Å²) in [5, 5.41) is 0. The third-order valence-corrected chi connectivity index (χ3v) is 4.04. The highest BCUT2D eigenvalue weighted by molar-refractivity contribution is 5.45. The zero-order valence-corrected chi connectivity index (χ0v) is 12.3. The minimum atomic E-state index is 0.805. The lowest BCUT2D eigenvalue weighted by molar-refractivity contribution is 0.163. The molecule has 0 amide bonds. The van der Waals surface area contributed by atoms with Gasteiger partial charge in [-0.15, -0.1) is 0 Å². The van der Waals surface area contributed by atoms with Crippen molar-refractivity contribution in [3.63, 3.8) is 0 Å². The molecular weight excluding hydrogens is 234 g/mol. The fraction of sp³-hybridized carbons (Fsp3) is 0.625. The molecule has 106 valence electrons. The number of benzene rings is 1. The maximum Gasteiger partial charge on any atom is 0.0361 e. The maximum absolute atomic E-state index is 5.68. The van der Waals surface area contributed by atoms with E-state index in [0.29, 0.717) is 0 Å². The van der Waals surface area contributed by atoms with E-state index < -0.39 is 0 Å². The molecule has 1 aliphatic heterocycles. The van der Waals surface area contributed by atoms with E-state index in [-0.39, 0.29) is 0 Å². The van der Waals surface area contributed by atoms with Gasteiger partial charge in [-0.2, -0.15) is 0 Å². The van der Waals surface area contributed by atoms with Gasteiger partial charge in [0.15, 0.2) is 0 Å². The normalized spacial score (nSPS) is 20.5. The topological polar surface area (TPSA) is 32.5 Å². The molecule has 0 spiro atoms. The summed E-state index contributed by atoms with van der Waals surface area (Å²) in [4.78, 5) is 4.72. The van der Waals surface area contributed by atoms with Crippen LogP contribution in [0.2, 0.25) is 0 Å². The third kappa shape index (κ3) is 4.22. The predicted octanol–water partition coefficient (Wildman–Crippen LogP) is 2.31. The van der Waals surface area contributed by atoms with Crippen LogP contribution in [0.25, 0.3) is 0 Å². The number of likely N-dealkylation sites (tertiary alicyclic amines) is 1. The van der Waals surface area contributed by atoms with Crippen LogP contribution in [0.1, 0.15) is 24.8 Å². The fourth-order valence-electron chi connectivity index (χ4n) is 2.92. The van der Waals surface area contributed by atoms with Crippen molar-refractivity contribution >= 4 is 5.69 Å². The molecule has 1 aromatic rings. The molecule has 1 aliphatic rings. The molecule has 1 heterocycles. The van der Waals surface area contributed by atoms with Gasteiger partial charge in [0.05, 0.1) is 0 Å². The molecule has 0 saturated carbocycles. The van der Waals surface area contributed by atoms with Gasteiger partial charge >= 0.3 is 0 Å². The van der Waals surface area contributed by atoms with Gasteiger partial charge in [0.1, 0.15) is 0 Å². The number of rotatable bonds is 5. The van der Waals surface area contributed by atoms with E-state index in [1.807, 2.05) is 0 Å². The monoisotopic (exact) mass is 261 g/mol. The molecule has 0 radical (unpaired) electrons. The molecule has 1 saturated heterocycles. The fourth-order valence-corrected chi connectivity index (χ4v) is 2.92. The molecule has 3 heteroatoms. The molecule has 0 bridgehead atoms. The Labute approximate surface area is 117 Å². The predicted molar refractivity (Wildman–Crippen MR) is 82.4 cm³/mol. The number of hydrogen-bond donors (Lipinski definition) is 1. The summed E-state index contributed by atoms with van der Waals surface area (Å²) in [5.74, 6) is 0.805. The Hall–Kier alpha value is -1.06. The second-order valence-electron chi connectivity index (χ2n) is 5.88. The SMILES string of the molecule is CN(C)c1ccc(CN2CCCC(CCN)C2)cc1. The van der Waals surface area contributed by atoms with E-state index >= 15 is 0 Å². The minimum absolute atomic E-state index is 0.805. The van der Waals surface area contributed by atoms with Crippen LogP contribution in [0.4, 0.5) is 5.69 Å². The number of anilines is 1. The summed E-state index contributed by atoms with van der Waals surface area (Å²) in [6.45, 7) is 4.36. The second kappa shape index (κ2) is 6.92. The van der Waals surface area contributed by atoms with Crippen molar-refractivity contribution in [3.8, 4) is 0 Å². The Kier molecular flexibility index (Phi) is 5.23. The Morgan fingerprint density at radius 3 is 2.63 bits per heavy atom. The number of nitrogens with two attached hydrogens (primary N) is 1. The van der Waals surface area contributed by atoms with Gasteiger partial charge in [-0.3, -0.25) is 4.90 Å². The van der Waals surface area contributed by atoms with Crippen molar-refractivity contribution in [2.24, 2.45) is 11.7 Å². The standard InChI is InChI=1S/C16H27N3/c1-18(2)16-7-5-15(6-8-16)13-19-11-3-4-14(12-19)9-10-17/h5-8,14H,3-4,9-13,17H2,1-2H3. The first-order valence-corrected chi connectivity index (χ1v) is 7.37. The van der Waals surface area contributed by atoms with E-state index in [9.17, 15) is 0 Å². The largest absolute Gasteiger partial charge is 0.378 e. The molecule has 3 nitrogen and oxygen atoms in total. The highest BCUT2D eigenvalue weighted by Gasteiger charge is 2.19. The molecule has 2 N–H and O–H groups in total. The van der Waals surface area contributed by atoms with E-state index in [4.69, 9.17) is 5.73 Å². The number of hydrogen-bond acceptors (Lipinski definition) is 3. The molecule has 1 aromatic carbocycles. The molecule has 1 unspecified atom stereocenters. The van der Waals surface area contributed by atoms with Crippen LogP contribution >= 0.6 is 0 Å². The lowest BCUT2D eigenvalue weighted by Gasteiger charge is -2.32. The van der Waals surface area contributed by atoms with Gasteiger partial charge in [0.2, 0.25) is 0 Å². The van der Waals surface area contributed by atoms with Crippen molar-refractivity contribution in [1.82, 2.24) is 4.90 Å². The molecule has 1 atom stereocenters. The highest BCUT2D eigenvalue weighted by Crippen LogP contribution is 2.21. The average molecular weight is 261 g/mol. The van der Waals surface area contributed by atoms with Gasteiger partial charge in [-0.1, -0.05) is 12.1 Å². The molecule has 2 rings (SSSR count). The first kappa shape index (κ1) is 14.4. The van der Waals surface area contributed by atoms with Crippen LogP contribution < -0.4 is 10.6 Å². The Morgan fingerprint density at radius 1 is 1.26 bits per heavy atom. The van der Waals surface area contributed by atoms with Gasteiger partial charge in [-0.25, -0.2) is 0 Å². The van der Waals surface area contributed by atoms with Gasteiger partial charge in [0.25, 0.3) is 0 Å². The van der Waals surface area contributed by atoms with Crippen LogP contribution in [-0.2, 0) is 6.54 Å². The smallest absolute Gasteiger partial charge is 0.0361 e. The van der Waals surface area contributed by atoms with Crippen molar-refractivity contribution in [3.05, 3.63) is 29.8 Å². The van der Waals surface area contributed by atoms with Crippen molar-refractivity contribution < 1.29 is 0 Å². The van der Waals surface area contributed by atoms with Crippen LogP contribution in [-0.4, -0.2) is 38.6 Å². The first-order valence-electron chi connectivity index (χ1n) is 7.37. The van der Waals surface area contributed by atoms with Crippen LogP contribution in [0.5, 0.6) is 0 Å². The number of piperidine rings is 1. The van der Waals surface area contributed by atoms with Crippen molar-refractivity contribution in [2.75, 3.05) is 38.6 Å². The summed E-state index contributed by atoms with van der Waals surface area (Å²) in [5.41, 5.74) is 8.36. The Balaban J connectivity index is 1.89. The first-order chi connectivity index (χ1) is 9.19. The Morgan fingerprint density at radius 2 is 2.00 bits per heavy atom. The second-order valence-corrected chi connectivity index (χ2v) is 5.88. The van der Waals surface area contributed by atoms with E-state index in [1.54, 1.807) is 0 Å². The van der Waals surface area contributed by atoms with E-state index in [2.05, 4.69) is 48.2 Å². The molecule has 1 fully saturated rings. The lowest BCUT2D eigenvalue weighted by Crippen LogP contribution is -2.35. The summed E-state index contributed by atoms with van der Waals surface area (Å²) < 4.78 is 0. The average Bonchev–Trinajstić information content (AvgIpc) is 2.40. The Bertz CT molecular complexity index is 370. The van der Waals surface area contributed by atoms with E-state index in [0.717, 1.165) is 19.0 Å². The highest BCUT2D eigenvalue weighted by atomic mass is 15.1. The van der Waals surface area contributed by atoms with Crippen molar-refractivity contribution in [2.45, 2.75) is 25.8 Å². The zero-order valence-electron chi connectivity index (χ0n) is 12.3. The summed E-state index contributed by atoms with van der Waals surface area (Å²) >= 11 is 0. The number of nitrogens with zero attached hydrogens (tertiary/aromatic N) is 2. The molecule has 0 aromatic heterocycles. The third-order valence-electron chi connectivity index (χ3n) is 4.04. The summed E-state index contributed by atoms with van der Waals surface area (Å²) in [6.07, 6.45) is 3.85. The molecule has 19 heavy (non-hydrogen) atoms. The maximum atomic E-state index is 5.68. The molecule has 0 aliphatic carbocycles. The van der Waals surface area contributed by atoms with Crippen LogP contribution in [0.15, 0.2) is 24.3 Å². The molecular formula is C16H27N3. The van der Waals surface area contributed by atoms with Crippen LogP contribution in [0, 0.1) is 5.92 Å². The van der Waals surface area contributed by atoms with Crippen molar-refractivity contribution in [1.29, 1.82) is 0 Å². The lowest BCUT2D eigenvalue weighted by atomic mass is 9.94.